The van der Waals surface area contributed by atoms with Crippen LogP contribution in [0.4, 0.5) is 0 Å². The van der Waals surface area contributed by atoms with Gasteiger partial charge >= 0.3 is 0 Å². The van der Waals surface area contributed by atoms with Crippen molar-refractivity contribution in [2.24, 2.45) is 0 Å². The SMILES string of the molecule is c1ccc2c(c1)-c1cccc3ccc4c(c13)c1c-2cccc1n4-c1nc2ccc3ccccc3c2nc1-c1cccc2c1sc1ccccc12. The largest absolute Gasteiger partial charge is 0.292 e. The number of nitrogens with zero attached hydrogens (tertiary/aromatic N) is 3. The Balaban J connectivity index is 1.30. The van der Waals surface area contributed by atoms with Gasteiger partial charge < -0.3 is 0 Å². The van der Waals surface area contributed by atoms with Gasteiger partial charge in [-0.1, -0.05) is 127 Å². The summed E-state index contributed by atoms with van der Waals surface area (Å²) in [5.74, 6) is 0.848. The quantitative estimate of drug-likeness (QED) is 0.174. The van der Waals surface area contributed by atoms with Gasteiger partial charge in [-0.05, 0) is 62.7 Å². The number of hydrogen-bond donors (Lipinski definition) is 0. The summed E-state index contributed by atoms with van der Waals surface area (Å²) in [6.07, 6.45) is 0. The van der Waals surface area contributed by atoms with Gasteiger partial charge in [-0.3, -0.25) is 4.57 Å². The van der Waals surface area contributed by atoms with E-state index in [1.165, 1.54) is 64.0 Å². The van der Waals surface area contributed by atoms with E-state index in [1.54, 1.807) is 0 Å². The van der Waals surface area contributed by atoms with Crippen molar-refractivity contribution in [1.82, 2.24) is 14.5 Å². The van der Waals surface area contributed by atoms with Crippen LogP contribution < -0.4 is 0 Å². The molecule has 4 heteroatoms. The third kappa shape index (κ3) is 3.38. The fourth-order valence-electron chi connectivity index (χ4n) is 8.61. The summed E-state index contributed by atoms with van der Waals surface area (Å²) < 4.78 is 4.90. The van der Waals surface area contributed by atoms with Crippen LogP contribution in [-0.2, 0) is 0 Å². The first-order valence-electron chi connectivity index (χ1n) is 17.0. The third-order valence-corrected chi connectivity index (χ3v) is 11.9. The lowest BCUT2D eigenvalue weighted by Crippen LogP contribution is -2.04. The van der Waals surface area contributed by atoms with E-state index < -0.39 is 0 Å². The van der Waals surface area contributed by atoms with Gasteiger partial charge in [0.05, 0.1) is 22.1 Å². The maximum Gasteiger partial charge on any atom is 0.165 e. The van der Waals surface area contributed by atoms with Gasteiger partial charge in [0.25, 0.3) is 0 Å². The Kier molecular flexibility index (Phi) is 5.12. The molecule has 0 atom stereocenters. The third-order valence-electron chi connectivity index (χ3n) is 10.7. The predicted molar refractivity (Wildman–Crippen MR) is 212 cm³/mol. The molecule has 0 saturated carbocycles. The normalized spacial score (nSPS) is 12.4. The van der Waals surface area contributed by atoms with E-state index in [1.807, 2.05) is 11.3 Å². The van der Waals surface area contributed by atoms with Gasteiger partial charge in [-0.15, -0.1) is 11.3 Å². The number of benzene rings is 8. The van der Waals surface area contributed by atoms with Crippen molar-refractivity contribution in [3.8, 4) is 39.3 Å². The second-order valence-corrected chi connectivity index (χ2v) is 14.3. The van der Waals surface area contributed by atoms with Crippen LogP contribution in [0.5, 0.6) is 0 Å². The summed E-state index contributed by atoms with van der Waals surface area (Å²) in [6, 6.07) is 55.0. The summed E-state index contributed by atoms with van der Waals surface area (Å²) >= 11 is 1.84. The highest BCUT2D eigenvalue weighted by Gasteiger charge is 2.27. The van der Waals surface area contributed by atoms with E-state index in [4.69, 9.17) is 9.97 Å². The standard InChI is InChI=1S/C46H25N3S/c1-2-12-28-26(10-1)22-24-36-43(28)48-44(35-19-8-18-34-31-15-5-6-21-39(31)50-45(34)35)46(47-36)49-37-20-9-17-33-30-14-4-3-13-29(30)32-16-7-11-27-23-25-38(49)42(40(27)32)41(33)37/h1-25H. The highest BCUT2D eigenvalue weighted by molar-refractivity contribution is 7.26. The highest BCUT2D eigenvalue weighted by Crippen LogP contribution is 2.50. The molecule has 0 spiro atoms. The predicted octanol–water partition coefficient (Wildman–Crippen LogP) is 12.7. The Morgan fingerprint density at radius 2 is 1.06 bits per heavy atom. The Labute approximate surface area is 290 Å². The zero-order chi connectivity index (χ0) is 32.5. The van der Waals surface area contributed by atoms with Gasteiger partial charge in [0.15, 0.2) is 5.82 Å². The van der Waals surface area contributed by atoms with E-state index in [-0.39, 0.29) is 0 Å². The molecule has 0 aliphatic heterocycles. The van der Waals surface area contributed by atoms with Crippen molar-refractivity contribution in [3.63, 3.8) is 0 Å². The Hall–Kier alpha value is -6.36. The van der Waals surface area contributed by atoms with Crippen molar-refractivity contribution in [2.45, 2.75) is 0 Å². The molecule has 0 bridgehead atoms. The molecular formula is C46H25N3S. The van der Waals surface area contributed by atoms with Crippen molar-refractivity contribution in [2.75, 3.05) is 0 Å². The number of aromatic nitrogens is 3. The van der Waals surface area contributed by atoms with Gasteiger partial charge in [0.2, 0.25) is 0 Å². The molecular weight excluding hydrogens is 627 g/mol. The van der Waals surface area contributed by atoms with Crippen molar-refractivity contribution in [1.29, 1.82) is 0 Å². The Morgan fingerprint density at radius 1 is 0.420 bits per heavy atom. The maximum absolute atomic E-state index is 5.64. The van der Waals surface area contributed by atoms with Gasteiger partial charge in [-0.25, -0.2) is 9.97 Å². The Bertz CT molecular complexity index is 3270. The van der Waals surface area contributed by atoms with E-state index >= 15 is 0 Å². The van der Waals surface area contributed by atoms with Crippen molar-refractivity contribution < 1.29 is 0 Å². The highest BCUT2D eigenvalue weighted by atomic mass is 32.1. The molecule has 12 rings (SSSR count). The minimum absolute atomic E-state index is 0.848. The van der Waals surface area contributed by atoms with Crippen LogP contribution in [0.25, 0.3) is 114 Å². The van der Waals surface area contributed by atoms with Crippen LogP contribution in [0.15, 0.2) is 152 Å². The Morgan fingerprint density at radius 3 is 1.96 bits per heavy atom. The molecule has 8 aromatic carbocycles. The molecule has 3 heterocycles. The van der Waals surface area contributed by atoms with Crippen LogP contribution in [0.3, 0.4) is 0 Å². The minimum atomic E-state index is 0.848. The number of rotatable bonds is 2. The summed E-state index contributed by atoms with van der Waals surface area (Å²) in [4.78, 5) is 11.2. The molecule has 50 heavy (non-hydrogen) atoms. The van der Waals surface area contributed by atoms with Crippen LogP contribution in [0.2, 0.25) is 0 Å². The zero-order valence-electron chi connectivity index (χ0n) is 26.7. The van der Waals surface area contributed by atoms with Crippen LogP contribution in [0, 0.1) is 0 Å². The molecule has 3 nitrogen and oxygen atoms in total. The van der Waals surface area contributed by atoms with Gasteiger partial charge in [0.1, 0.15) is 5.69 Å². The minimum Gasteiger partial charge on any atom is -0.292 e. The lowest BCUT2D eigenvalue weighted by molar-refractivity contribution is 1.08. The maximum atomic E-state index is 5.64. The first-order valence-corrected chi connectivity index (χ1v) is 17.8. The molecule has 0 unspecified atom stereocenters. The van der Waals surface area contributed by atoms with E-state index in [9.17, 15) is 0 Å². The van der Waals surface area contributed by atoms with E-state index in [2.05, 4.69) is 156 Å². The monoisotopic (exact) mass is 651 g/mol. The molecule has 11 aromatic rings. The second kappa shape index (κ2) is 9.63. The van der Waals surface area contributed by atoms with Gasteiger partial charge in [-0.2, -0.15) is 0 Å². The average Bonchev–Trinajstić information content (AvgIpc) is 3.69. The molecule has 1 aliphatic rings. The summed E-state index contributed by atoms with van der Waals surface area (Å²) in [5, 5.41) is 9.86. The van der Waals surface area contributed by atoms with Crippen LogP contribution in [0.1, 0.15) is 0 Å². The van der Waals surface area contributed by atoms with E-state index in [0.717, 1.165) is 49.9 Å². The molecule has 0 saturated heterocycles. The molecule has 230 valence electrons. The first kappa shape index (κ1) is 26.6. The zero-order valence-corrected chi connectivity index (χ0v) is 27.5. The lowest BCUT2D eigenvalue weighted by Gasteiger charge is -2.16. The molecule has 0 N–H and O–H groups in total. The molecule has 0 radical (unpaired) electrons. The topological polar surface area (TPSA) is 30.7 Å². The average molecular weight is 652 g/mol. The summed E-state index contributed by atoms with van der Waals surface area (Å²) in [7, 11) is 0. The molecule has 3 aromatic heterocycles. The second-order valence-electron chi connectivity index (χ2n) is 13.3. The summed E-state index contributed by atoms with van der Waals surface area (Å²) in [6.45, 7) is 0. The van der Waals surface area contributed by atoms with E-state index in [0.29, 0.717) is 0 Å². The lowest BCUT2D eigenvalue weighted by atomic mass is 9.93. The number of fused-ring (bicyclic) bond motifs is 9. The fourth-order valence-corrected chi connectivity index (χ4v) is 9.82. The first-order chi connectivity index (χ1) is 24.8. The summed E-state index contributed by atoms with van der Waals surface area (Å²) in [5.41, 5.74) is 11.1. The smallest absolute Gasteiger partial charge is 0.165 e. The molecule has 0 amide bonds. The van der Waals surface area contributed by atoms with Crippen molar-refractivity contribution in [3.05, 3.63) is 152 Å². The fraction of sp³-hybridized carbons (Fsp3) is 0. The number of hydrogen-bond acceptors (Lipinski definition) is 3. The number of thiophene rings is 1. The van der Waals surface area contributed by atoms with Crippen molar-refractivity contribution >= 4 is 85.9 Å². The molecule has 0 fully saturated rings. The molecule has 1 aliphatic carbocycles. The van der Waals surface area contributed by atoms with Crippen LogP contribution >= 0.6 is 11.3 Å². The van der Waals surface area contributed by atoms with Gasteiger partial charge in [0, 0.05) is 41.9 Å². The van der Waals surface area contributed by atoms with Crippen LogP contribution in [-0.4, -0.2) is 14.5 Å².